The van der Waals surface area contributed by atoms with E-state index in [1.165, 1.54) is 4.90 Å². The molecule has 1 heterocycles. The number of carbonyl (C=O) groups excluding carboxylic acids is 1. The fourth-order valence-corrected chi connectivity index (χ4v) is 2.43. The van der Waals surface area contributed by atoms with Gasteiger partial charge in [0.2, 0.25) is 0 Å². The molecule has 0 atom stereocenters. The van der Waals surface area contributed by atoms with E-state index in [0.29, 0.717) is 12.1 Å². The quantitative estimate of drug-likeness (QED) is 0.822. The topological polar surface area (TPSA) is 51.4 Å². The summed E-state index contributed by atoms with van der Waals surface area (Å²) in [7, 11) is 4.14. The van der Waals surface area contributed by atoms with Crippen LogP contribution in [0.15, 0.2) is 30.5 Å². The fraction of sp³-hybridized carbons (Fsp3) is 0.412. The number of hydrogen-bond donors (Lipinski definition) is 2. The van der Waals surface area contributed by atoms with E-state index in [2.05, 4.69) is 37.5 Å². The lowest BCUT2D eigenvalue weighted by Crippen LogP contribution is -3.06. The molecule has 0 bridgehead atoms. The van der Waals surface area contributed by atoms with Gasteiger partial charge in [-0.1, -0.05) is 25.1 Å². The number of benzene rings is 1. The van der Waals surface area contributed by atoms with Crippen LogP contribution in [0, 0.1) is 6.92 Å². The SMILES string of the molecule is CCc1c(C(=O)NCC[NH+](C)C)cnn1-c1ccccc1C. The van der Waals surface area contributed by atoms with Crippen molar-refractivity contribution in [2.24, 2.45) is 0 Å². The van der Waals surface area contributed by atoms with E-state index < -0.39 is 0 Å². The average Bonchev–Trinajstić information content (AvgIpc) is 2.91. The Bertz CT molecular complexity index is 646. The zero-order valence-corrected chi connectivity index (χ0v) is 13.8. The molecule has 0 radical (unpaired) electrons. The molecule has 118 valence electrons. The van der Waals surface area contributed by atoms with Crippen molar-refractivity contribution in [1.29, 1.82) is 0 Å². The first kappa shape index (κ1) is 16.2. The van der Waals surface area contributed by atoms with E-state index >= 15 is 0 Å². The molecule has 1 amide bonds. The van der Waals surface area contributed by atoms with Gasteiger partial charge in [-0.3, -0.25) is 4.79 Å². The Balaban J connectivity index is 2.24. The fourth-order valence-electron chi connectivity index (χ4n) is 2.43. The van der Waals surface area contributed by atoms with Crippen molar-refractivity contribution in [2.75, 3.05) is 27.2 Å². The second-order valence-corrected chi connectivity index (χ2v) is 5.77. The largest absolute Gasteiger partial charge is 0.346 e. The van der Waals surface area contributed by atoms with Crippen molar-refractivity contribution >= 4 is 5.91 Å². The summed E-state index contributed by atoms with van der Waals surface area (Å²) in [5.74, 6) is -0.0436. The Morgan fingerprint density at radius 3 is 2.68 bits per heavy atom. The number of aryl methyl sites for hydroxylation is 1. The first-order valence-corrected chi connectivity index (χ1v) is 7.74. The Morgan fingerprint density at radius 1 is 1.32 bits per heavy atom. The predicted octanol–water partition coefficient (Wildman–Crippen LogP) is 0.617. The number of nitrogens with one attached hydrogen (secondary N) is 2. The van der Waals surface area contributed by atoms with Gasteiger partial charge in [-0.15, -0.1) is 0 Å². The minimum Gasteiger partial charge on any atom is -0.346 e. The third-order valence-electron chi connectivity index (χ3n) is 3.70. The van der Waals surface area contributed by atoms with Gasteiger partial charge < -0.3 is 10.2 Å². The molecule has 2 aromatic rings. The molecule has 0 fully saturated rings. The maximum absolute atomic E-state index is 12.4. The lowest BCUT2D eigenvalue weighted by Gasteiger charge is -2.11. The highest BCUT2D eigenvalue weighted by Gasteiger charge is 2.17. The molecule has 0 aliphatic rings. The smallest absolute Gasteiger partial charge is 0.254 e. The second kappa shape index (κ2) is 7.22. The molecule has 22 heavy (non-hydrogen) atoms. The lowest BCUT2D eigenvalue weighted by atomic mass is 10.1. The van der Waals surface area contributed by atoms with Gasteiger partial charge in [-0.2, -0.15) is 5.10 Å². The van der Waals surface area contributed by atoms with E-state index in [9.17, 15) is 4.79 Å². The summed E-state index contributed by atoms with van der Waals surface area (Å²) >= 11 is 0. The minimum atomic E-state index is -0.0436. The van der Waals surface area contributed by atoms with Crippen molar-refractivity contribution in [3.05, 3.63) is 47.3 Å². The molecule has 2 rings (SSSR count). The first-order valence-electron chi connectivity index (χ1n) is 7.74. The molecule has 1 aromatic heterocycles. The standard InChI is InChI=1S/C17H24N4O/c1-5-15-14(17(22)18-10-11-20(3)4)12-19-21(15)16-9-7-6-8-13(16)2/h6-9,12H,5,10-11H2,1-4H3,(H,18,22)/p+1. The monoisotopic (exact) mass is 301 g/mol. The Morgan fingerprint density at radius 2 is 2.05 bits per heavy atom. The first-order chi connectivity index (χ1) is 10.5. The number of hydrogen-bond acceptors (Lipinski definition) is 2. The van der Waals surface area contributed by atoms with E-state index in [4.69, 9.17) is 0 Å². The highest BCUT2D eigenvalue weighted by molar-refractivity contribution is 5.95. The van der Waals surface area contributed by atoms with Crippen molar-refractivity contribution in [1.82, 2.24) is 15.1 Å². The summed E-state index contributed by atoms with van der Waals surface area (Å²) in [4.78, 5) is 13.7. The Kier molecular flexibility index (Phi) is 5.33. The molecule has 2 N–H and O–H groups in total. The highest BCUT2D eigenvalue weighted by Crippen LogP contribution is 2.18. The van der Waals surface area contributed by atoms with Crippen molar-refractivity contribution in [3.63, 3.8) is 0 Å². The van der Waals surface area contributed by atoms with Crippen LogP contribution in [0.4, 0.5) is 0 Å². The number of rotatable bonds is 6. The van der Waals surface area contributed by atoms with Crippen LogP contribution in [0.5, 0.6) is 0 Å². The predicted molar refractivity (Wildman–Crippen MR) is 87.7 cm³/mol. The summed E-state index contributed by atoms with van der Waals surface area (Å²) in [6.45, 7) is 5.67. The van der Waals surface area contributed by atoms with Crippen LogP contribution < -0.4 is 10.2 Å². The maximum Gasteiger partial charge on any atom is 0.254 e. The molecular formula is C17H25N4O+. The summed E-state index contributed by atoms with van der Waals surface area (Å²) < 4.78 is 1.88. The number of amides is 1. The maximum atomic E-state index is 12.4. The number of nitrogens with zero attached hydrogens (tertiary/aromatic N) is 2. The van der Waals surface area contributed by atoms with Crippen molar-refractivity contribution in [2.45, 2.75) is 20.3 Å². The lowest BCUT2D eigenvalue weighted by molar-refractivity contribution is -0.856. The molecule has 0 spiro atoms. The van der Waals surface area contributed by atoms with E-state index in [1.54, 1.807) is 6.20 Å². The molecule has 5 nitrogen and oxygen atoms in total. The number of quaternary nitrogens is 1. The molecule has 0 aliphatic carbocycles. The average molecular weight is 301 g/mol. The van der Waals surface area contributed by atoms with Crippen LogP contribution in [0.25, 0.3) is 5.69 Å². The summed E-state index contributed by atoms with van der Waals surface area (Å²) in [6, 6.07) is 8.07. The molecule has 5 heteroatoms. The zero-order chi connectivity index (χ0) is 16.1. The van der Waals surface area contributed by atoms with Gasteiger partial charge in [0.25, 0.3) is 5.91 Å². The third kappa shape index (κ3) is 3.54. The van der Waals surface area contributed by atoms with Crippen LogP contribution in [-0.2, 0) is 6.42 Å². The van der Waals surface area contributed by atoms with Gasteiger partial charge in [-0.05, 0) is 25.0 Å². The number of likely N-dealkylation sites (N-methyl/N-ethyl adjacent to an activating group) is 1. The third-order valence-corrected chi connectivity index (χ3v) is 3.70. The van der Waals surface area contributed by atoms with Crippen LogP contribution in [0.2, 0.25) is 0 Å². The minimum absolute atomic E-state index is 0.0436. The molecule has 1 aromatic carbocycles. The van der Waals surface area contributed by atoms with Gasteiger partial charge in [0.1, 0.15) is 0 Å². The molecule has 0 aliphatic heterocycles. The van der Waals surface area contributed by atoms with Crippen LogP contribution >= 0.6 is 0 Å². The second-order valence-electron chi connectivity index (χ2n) is 5.77. The normalized spacial score (nSPS) is 11.0. The zero-order valence-electron chi connectivity index (χ0n) is 13.8. The van der Waals surface area contributed by atoms with E-state index in [-0.39, 0.29) is 5.91 Å². The summed E-state index contributed by atoms with van der Waals surface area (Å²) in [6.07, 6.45) is 2.43. The summed E-state index contributed by atoms with van der Waals surface area (Å²) in [5, 5.41) is 7.40. The molecular weight excluding hydrogens is 276 g/mol. The highest BCUT2D eigenvalue weighted by atomic mass is 16.1. The Hall–Kier alpha value is -2.14. The Labute approximate surface area is 131 Å². The van der Waals surface area contributed by atoms with Gasteiger partial charge in [0.15, 0.2) is 0 Å². The molecule has 0 saturated heterocycles. The van der Waals surface area contributed by atoms with Gasteiger partial charge in [-0.25, -0.2) is 4.68 Å². The van der Waals surface area contributed by atoms with Crippen LogP contribution in [0.1, 0.15) is 28.5 Å². The van der Waals surface area contributed by atoms with Crippen molar-refractivity contribution in [3.8, 4) is 5.69 Å². The molecule has 0 saturated carbocycles. The summed E-state index contributed by atoms with van der Waals surface area (Å²) in [5.41, 5.74) is 3.78. The number of aromatic nitrogens is 2. The van der Waals surface area contributed by atoms with Gasteiger partial charge in [0.05, 0.1) is 50.3 Å². The van der Waals surface area contributed by atoms with E-state index in [1.807, 2.05) is 29.8 Å². The van der Waals surface area contributed by atoms with Crippen molar-refractivity contribution < 1.29 is 9.69 Å². The van der Waals surface area contributed by atoms with Crippen LogP contribution in [-0.4, -0.2) is 42.9 Å². The van der Waals surface area contributed by atoms with Gasteiger partial charge in [0, 0.05) is 0 Å². The number of carbonyl (C=O) groups is 1. The van der Waals surface area contributed by atoms with Crippen LogP contribution in [0.3, 0.4) is 0 Å². The molecule has 0 unspecified atom stereocenters. The van der Waals surface area contributed by atoms with Gasteiger partial charge >= 0.3 is 0 Å². The number of para-hydroxylation sites is 1. The van der Waals surface area contributed by atoms with E-state index in [0.717, 1.165) is 29.9 Å².